The number of thioether (sulfide) groups is 1. The molecule has 18 heavy (non-hydrogen) atoms. The van der Waals surface area contributed by atoms with Gasteiger partial charge in [-0.3, -0.25) is 4.68 Å². The highest BCUT2D eigenvalue weighted by Crippen LogP contribution is 2.30. The second-order valence-electron chi connectivity index (χ2n) is 4.99. The van der Waals surface area contributed by atoms with Crippen molar-refractivity contribution < 1.29 is 0 Å². The Labute approximate surface area is 114 Å². The molecule has 1 N–H and O–H groups in total. The summed E-state index contributed by atoms with van der Waals surface area (Å²) in [7, 11) is 1.97. The zero-order chi connectivity index (χ0) is 12.8. The van der Waals surface area contributed by atoms with Gasteiger partial charge in [0.25, 0.3) is 0 Å². The van der Waals surface area contributed by atoms with E-state index in [4.69, 9.17) is 0 Å². The van der Waals surface area contributed by atoms with Gasteiger partial charge < -0.3 is 5.32 Å². The van der Waals surface area contributed by atoms with E-state index in [9.17, 15) is 0 Å². The summed E-state index contributed by atoms with van der Waals surface area (Å²) in [6.07, 6.45) is 8.93. The maximum atomic E-state index is 4.03. The molecule has 0 radical (unpaired) electrons. The van der Waals surface area contributed by atoms with E-state index in [1.54, 1.807) is 0 Å². The summed E-state index contributed by atoms with van der Waals surface area (Å²) in [5.41, 5.74) is 1.19. The van der Waals surface area contributed by atoms with Crippen LogP contribution in [0.3, 0.4) is 0 Å². The van der Waals surface area contributed by atoms with Gasteiger partial charge in [0.05, 0.1) is 17.9 Å². The summed E-state index contributed by atoms with van der Waals surface area (Å²) in [6.45, 7) is 3.14. The van der Waals surface area contributed by atoms with Crippen LogP contribution in [-0.4, -0.2) is 32.5 Å². The molecular weight excluding hydrogens is 244 g/mol. The van der Waals surface area contributed by atoms with Crippen LogP contribution in [-0.2, 0) is 7.05 Å². The van der Waals surface area contributed by atoms with Gasteiger partial charge in [-0.15, -0.1) is 5.10 Å². The average Bonchev–Trinajstić information content (AvgIpc) is 2.82. The number of aryl methyl sites for hydroxylation is 1. The van der Waals surface area contributed by atoms with E-state index >= 15 is 0 Å². The lowest BCUT2D eigenvalue weighted by Crippen LogP contribution is -2.26. The van der Waals surface area contributed by atoms with Gasteiger partial charge in [0.15, 0.2) is 0 Å². The molecule has 0 saturated heterocycles. The van der Waals surface area contributed by atoms with E-state index in [1.807, 2.05) is 17.9 Å². The first-order valence-electron chi connectivity index (χ1n) is 7.00. The fourth-order valence-electron chi connectivity index (χ4n) is 2.57. The van der Waals surface area contributed by atoms with Gasteiger partial charge in [-0.2, -0.15) is 11.8 Å². The van der Waals surface area contributed by atoms with Crippen LogP contribution in [0.2, 0.25) is 0 Å². The predicted molar refractivity (Wildman–Crippen MR) is 76.8 cm³/mol. The van der Waals surface area contributed by atoms with Crippen molar-refractivity contribution in [1.29, 1.82) is 0 Å². The van der Waals surface area contributed by atoms with Crippen molar-refractivity contribution in [3.05, 3.63) is 11.9 Å². The molecule has 0 bridgehead atoms. The molecule has 1 aromatic rings. The molecule has 0 aromatic carbocycles. The Hall–Kier alpha value is -0.550. The highest BCUT2D eigenvalue weighted by Gasteiger charge is 2.19. The maximum Gasteiger partial charge on any atom is 0.0761 e. The van der Waals surface area contributed by atoms with Gasteiger partial charge in [0, 0.05) is 18.1 Å². The van der Waals surface area contributed by atoms with Crippen molar-refractivity contribution in [2.75, 3.05) is 12.3 Å². The van der Waals surface area contributed by atoms with Gasteiger partial charge in [0.2, 0.25) is 0 Å². The summed E-state index contributed by atoms with van der Waals surface area (Å²) in [5.74, 6) is 1.12. The number of rotatable bonds is 6. The fourth-order valence-corrected chi connectivity index (χ4v) is 3.99. The van der Waals surface area contributed by atoms with Crippen LogP contribution >= 0.6 is 11.8 Å². The van der Waals surface area contributed by atoms with Gasteiger partial charge in [-0.25, -0.2) is 0 Å². The Balaban J connectivity index is 1.88. The lowest BCUT2D eigenvalue weighted by molar-refractivity contribution is 0.511. The van der Waals surface area contributed by atoms with Crippen LogP contribution in [0.5, 0.6) is 0 Å². The molecule has 1 saturated carbocycles. The minimum absolute atomic E-state index is 0.377. The van der Waals surface area contributed by atoms with Crippen molar-refractivity contribution in [2.24, 2.45) is 7.05 Å². The molecule has 1 aromatic heterocycles. The molecule has 5 heteroatoms. The van der Waals surface area contributed by atoms with Crippen LogP contribution in [0.4, 0.5) is 0 Å². The van der Waals surface area contributed by atoms with E-state index < -0.39 is 0 Å². The highest BCUT2D eigenvalue weighted by molar-refractivity contribution is 7.99. The van der Waals surface area contributed by atoms with E-state index in [2.05, 4.69) is 34.3 Å². The van der Waals surface area contributed by atoms with Crippen molar-refractivity contribution in [2.45, 2.75) is 50.3 Å². The number of nitrogens with one attached hydrogen (secondary N) is 1. The van der Waals surface area contributed by atoms with Gasteiger partial charge in [-0.05, 0) is 19.4 Å². The first-order chi connectivity index (χ1) is 8.81. The van der Waals surface area contributed by atoms with Crippen molar-refractivity contribution >= 4 is 11.8 Å². The Morgan fingerprint density at radius 2 is 2.22 bits per heavy atom. The Kier molecular flexibility index (Phi) is 5.50. The molecule has 2 rings (SSSR count). The monoisotopic (exact) mass is 268 g/mol. The van der Waals surface area contributed by atoms with Crippen LogP contribution in [0, 0.1) is 0 Å². The Morgan fingerprint density at radius 1 is 1.44 bits per heavy atom. The molecule has 1 unspecified atom stereocenters. The third-order valence-corrected chi connectivity index (χ3v) is 5.08. The summed E-state index contributed by atoms with van der Waals surface area (Å²) < 4.78 is 1.88. The standard InChI is InChI=1S/C13H24N4S/c1-3-14-12(13-9-15-16-17(13)2)10-18-11-7-5-4-6-8-11/h9,11-12,14H,3-8,10H2,1-2H3. The molecule has 1 aliphatic rings. The molecule has 1 heterocycles. The highest BCUT2D eigenvalue weighted by atomic mass is 32.2. The average molecular weight is 268 g/mol. The molecule has 0 aliphatic heterocycles. The van der Waals surface area contributed by atoms with Crippen molar-refractivity contribution in [1.82, 2.24) is 20.3 Å². The van der Waals surface area contributed by atoms with E-state index in [1.165, 1.54) is 37.8 Å². The summed E-state index contributed by atoms with van der Waals surface area (Å²) in [4.78, 5) is 0. The molecular formula is C13H24N4S. The fraction of sp³-hybridized carbons (Fsp3) is 0.846. The number of aromatic nitrogens is 3. The Morgan fingerprint density at radius 3 is 2.83 bits per heavy atom. The molecule has 102 valence electrons. The minimum Gasteiger partial charge on any atom is -0.308 e. The van der Waals surface area contributed by atoms with Gasteiger partial charge >= 0.3 is 0 Å². The topological polar surface area (TPSA) is 42.7 Å². The minimum atomic E-state index is 0.377. The molecule has 4 nitrogen and oxygen atoms in total. The largest absolute Gasteiger partial charge is 0.308 e. The summed E-state index contributed by atoms with van der Waals surface area (Å²) in [6, 6.07) is 0.377. The number of hydrogen-bond acceptors (Lipinski definition) is 4. The normalized spacial score (nSPS) is 19.0. The van der Waals surface area contributed by atoms with Crippen LogP contribution < -0.4 is 5.32 Å². The first-order valence-corrected chi connectivity index (χ1v) is 8.05. The quantitative estimate of drug-likeness (QED) is 0.861. The zero-order valence-corrected chi connectivity index (χ0v) is 12.2. The lowest BCUT2D eigenvalue weighted by Gasteiger charge is -2.24. The molecule has 0 amide bonds. The number of nitrogens with zero attached hydrogens (tertiary/aromatic N) is 3. The Bertz CT molecular complexity index is 347. The van der Waals surface area contributed by atoms with Crippen LogP contribution in [0.1, 0.15) is 50.8 Å². The molecule has 1 aliphatic carbocycles. The smallest absolute Gasteiger partial charge is 0.0761 e. The zero-order valence-electron chi connectivity index (χ0n) is 11.4. The third kappa shape index (κ3) is 3.72. The predicted octanol–water partition coefficient (Wildman–Crippen LogP) is 2.53. The van der Waals surface area contributed by atoms with Crippen LogP contribution in [0.25, 0.3) is 0 Å². The van der Waals surface area contributed by atoms with E-state index in [-0.39, 0.29) is 0 Å². The first kappa shape index (κ1) is 13.9. The SMILES string of the molecule is CCNC(CSC1CCCCC1)c1cnnn1C. The summed E-state index contributed by atoms with van der Waals surface area (Å²) >= 11 is 2.12. The van der Waals surface area contributed by atoms with Crippen LogP contribution in [0.15, 0.2) is 6.20 Å². The van der Waals surface area contributed by atoms with E-state index in [0.29, 0.717) is 6.04 Å². The third-order valence-electron chi connectivity index (χ3n) is 3.61. The van der Waals surface area contributed by atoms with Crippen molar-refractivity contribution in [3.8, 4) is 0 Å². The second-order valence-corrected chi connectivity index (χ2v) is 6.32. The molecule has 1 atom stereocenters. The van der Waals surface area contributed by atoms with Crippen molar-refractivity contribution in [3.63, 3.8) is 0 Å². The van der Waals surface area contributed by atoms with Gasteiger partial charge in [-0.1, -0.05) is 31.4 Å². The van der Waals surface area contributed by atoms with E-state index in [0.717, 1.165) is 17.5 Å². The lowest BCUT2D eigenvalue weighted by atomic mass is 10.0. The summed E-state index contributed by atoms with van der Waals surface area (Å²) in [5, 5.41) is 12.4. The number of hydrogen-bond donors (Lipinski definition) is 1. The molecule has 1 fully saturated rings. The molecule has 0 spiro atoms. The van der Waals surface area contributed by atoms with Gasteiger partial charge in [0.1, 0.15) is 0 Å². The second kappa shape index (κ2) is 7.14. The maximum absolute atomic E-state index is 4.03.